The van der Waals surface area contributed by atoms with E-state index in [2.05, 4.69) is 10.3 Å². The third-order valence-electron chi connectivity index (χ3n) is 6.71. The third kappa shape index (κ3) is 2.66. The predicted octanol–water partition coefficient (Wildman–Crippen LogP) is 2.13. The van der Waals surface area contributed by atoms with Crippen molar-refractivity contribution >= 4 is 17.6 Å². The fourth-order valence-electron chi connectivity index (χ4n) is 4.72. The maximum atomic E-state index is 12.8. The van der Waals surface area contributed by atoms with Crippen LogP contribution in [0.4, 0.5) is 5.82 Å². The van der Waals surface area contributed by atoms with Crippen LogP contribution in [0.25, 0.3) is 0 Å². The molecule has 2 heterocycles. The van der Waals surface area contributed by atoms with E-state index < -0.39 is 0 Å². The largest absolute Gasteiger partial charge is 0.365 e. The highest BCUT2D eigenvalue weighted by Crippen LogP contribution is 2.58. The van der Waals surface area contributed by atoms with Gasteiger partial charge in [0.1, 0.15) is 5.82 Å². The molecule has 0 aromatic carbocycles. The first-order valence-electron chi connectivity index (χ1n) is 9.83. The minimum Gasteiger partial charge on any atom is -0.365 e. The predicted molar refractivity (Wildman–Crippen MR) is 97.7 cm³/mol. The summed E-state index contributed by atoms with van der Waals surface area (Å²) in [4.78, 5) is 33.2. The number of pyridine rings is 1. The first-order valence-corrected chi connectivity index (χ1v) is 9.83. The van der Waals surface area contributed by atoms with E-state index in [0.29, 0.717) is 24.2 Å². The number of aromatic nitrogens is 1. The van der Waals surface area contributed by atoms with Gasteiger partial charge in [-0.2, -0.15) is 0 Å². The molecule has 1 N–H and O–H groups in total. The Kier molecular flexibility index (Phi) is 3.52. The number of hydrogen-bond acceptors (Lipinski definition) is 4. The minimum atomic E-state index is 0.0179. The summed E-state index contributed by atoms with van der Waals surface area (Å²) in [5.74, 6) is 2.29. The van der Waals surface area contributed by atoms with E-state index in [9.17, 15) is 9.59 Å². The highest BCUT2D eigenvalue weighted by molar-refractivity contribution is 5.94. The molecule has 6 rings (SSSR count). The van der Waals surface area contributed by atoms with Crippen LogP contribution in [0.1, 0.15) is 48.9 Å². The second kappa shape index (κ2) is 5.69. The summed E-state index contributed by atoms with van der Waals surface area (Å²) in [7, 11) is 1.88. The molecule has 1 atom stereocenters. The van der Waals surface area contributed by atoms with Crippen LogP contribution in [0.5, 0.6) is 0 Å². The standard InChI is InChI=1S/C20H26N4O2/c1-23(18(25)14-2-3-14)16-6-7-24(12-16)19(26)15-4-5-17(21-11-15)22-20-8-13(9-20)10-20/h4-5,11,13-14,16H,2-3,6-10,12H2,1H3,(H,21,22)/t13?,16-,20?/m0/s1. The van der Waals surface area contributed by atoms with Crippen molar-refractivity contribution in [2.75, 3.05) is 25.5 Å². The van der Waals surface area contributed by atoms with Crippen LogP contribution >= 0.6 is 0 Å². The number of rotatable bonds is 5. The molecule has 1 aliphatic heterocycles. The van der Waals surface area contributed by atoms with Gasteiger partial charge in [0.05, 0.1) is 11.6 Å². The van der Waals surface area contributed by atoms with Crippen molar-refractivity contribution in [2.24, 2.45) is 11.8 Å². The van der Waals surface area contributed by atoms with Crippen LogP contribution in [0.15, 0.2) is 18.3 Å². The summed E-state index contributed by atoms with van der Waals surface area (Å²) in [6.07, 6.45) is 8.37. The zero-order chi connectivity index (χ0) is 17.9. The molecule has 5 fully saturated rings. The fourth-order valence-corrected chi connectivity index (χ4v) is 4.72. The average molecular weight is 354 g/mol. The summed E-state index contributed by atoms with van der Waals surface area (Å²) in [6.45, 7) is 1.33. The Morgan fingerprint density at radius 1 is 1.23 bits per heavy atom. The van der Waals surface area contributed by atoms with Crippen molar-refractivity contribution in [3.8, 4) is 0 Å². The van der Waals surface area contributed by atoms with Gasteiger partial charge >= 0.3 is 0 Å². The molecule has 138 valence electrons. The number of anilines is 1. The van der Waals surface area contributed by atoms with Crippen molar-refractivity contribution in [1.29, 1.82) is 0 Å². The van der Waals surface area contributed by atoms with E-state index in [0.717, 1.165) is 31.0 Å². The van der Waals surface area contributed by atoms with Gasteiger partial charge in [-0.3, -0.25) is 9.59 Å². The molecule has 4 aliphatic carbocycles. The van der Waals surface area contributed by atoms with Gasteiger partial charge in [0.2, 0.25) is 5.91 Å². The molecule has 4 saturated carbocycles. The van der Waals surface area contributed by atoms with Gasteiger partial charge in [0.15, 0.2) is 0 Å². The van der Waals surface area contributed by atoms with Gasteiger partial charge < -0.3 is 15.1 Å². The smallest absolute Gasteiger partial charge is 0.255 e. The number of carbonyl (C=O) groups is 2. The fraction of sp³-hybridized carbons (Fsp3) is 0.650. The molecule has 26 heavy (non-hydrogen) atoms. The van der Waals surface area contributed by atoms with Gasteiger partial charge in [0, 0.05) is 37.8 Å². The minimum absolute atomic E-state index is 0.0179. The molecule has 1 aromatic heterocycles. The third-order valence-corrected chi connectivity index (χ3v) is 6.71. The Balaban J connectivity index is 1.19. The zero-order valence-corrected chi connectivity index (χ0v) is 15.3. The molecule has 5 aliphatic rings. The molecule has 2 bridgehead atoms. The van der Waals surface area contributed by atoms with E-state index >= 15 is 0 Å². The van der Waals surface area contributed by atoms with Crippen molar-refractivity contribution in [3.05, 3.63) is 23.9 Å². The van der Waals surface area contributed by atoms with Crippen molar-refractivity contribution in [1.82, 2.24) is 14.8 Å². The lowest BCUT2D eigenvalue weighted by Crippen LogP contribution is -2.63. The van der Waals surface area contributed by atoms with E-state index in [1.54, 1.807) is 6.20 Å². The summed E-state index contributed by atoms with van der Waals surface area (Å²) >= 11 is 0. The van der Waals surface area contributed by atoms with Crippen molar-refractivity contribution in [2.45, 2.75) is 50.1 Å². The Bertz CT molecular complexity index is 726. The first kappa shape index (κ1) is 16.1. The normalized spacial score (nSPS) is 31.8. The molecule has 0 radical (unpaired) electrons. The lowest BCUT2D eigenvalue weighted by Gasteiger charge is -2.62. The number of likely N-dealkylation sites (N-methyl/N-ethyl adjacent to an activating group) is 1. The van der Waals surface area contributed by atoms with Crippen LogP contribution in [0, 0.1) is 11.8 Å². The number of likely N-dealkylation sites (tertiary alicyclic amines) is 1. The number of hydrogen-bond donors (Lipinski definition) is 1. The molecule has 6 heteroatoms. The van der Waals surface area contributed by atoms with E-state index in [-0.39, 0.29) is 23.8 Å². The molecular formula is C20H26N4O2. The second-order valence-electron chi connectivity index (χ2n) is 8.73. The number of nitrogens with zero attached hydrogens (tertiary/aromatic N) is 3. The SMILES string of the molecule is CN(C(=O)C1CC1)[C@H]1CCN(C(=O)c2ccc(NC34CC(C3)C4)nc2)C1. The van der Waals surface area contributed by atoms with Crippen molar-refractivity contribution < 1.29 is 9.59 Å². The van der Waals surface area contributed by atoms with Gasteiger partial charge in [-0.1, -0.05) is 0 Å². The summed E-state index contributed by atoms with van der Waals surface area (Å²) < 4.78 is 0. The van der Waals surface area contributed by atoms with Crippen molar-refractivity contribution in [3.63, 3.8) is 0 Å². The highest BCUT2D eigenvalue weighted by Gasteiger charge is 2.56. The van der Waals surface area contributed by atoms with E-state index in [1.807, 2.05) is 29.0 Å². The second-order valence-corrected chi connectivity index (χ2v) is 8.73. The Labute approximate surface area is 153 Å². The lowest BCUT2D eigenvalue weighted by molar-refractivity contribution is -0.133. The van der Waals surface area contributed by atoms with Crippen LogP contribution in [0.2, 0.25) is 0 Å². The summed E-state index contributed by atoms with van der Waals surface area (Å²) in [6, 6.07) is 3.93. The van der Waals surface area contributed by atoms with Gasteiger partial charge in [0.25, 0.3) is 5.91 Å². The molecule has 1 saturated heterocycles. The maximum Gasteiger partial charge on any atom is 0.255 e. The molecule has 1 aromatic rings. The van der Waals surface area contributed by atoms with E-state index in [4.69, 9.17) is 0 Å². The van der Waals surface area contributed by atoms with Gasteiger partial charge in [-0.15, -0.1) is 0 Å². The highest BCUT2D eigenvalue weighted by atomic mass is 16.2. The van der Waals surface area contributed by atoms with E-state index in [1.165, 1.54) is 19.3 Å². The topological polar surface area (TPSA) is 65.5 Å². The summed E-state index contributed by atoms with van der Waals surface area (Å²) in [5.41, 5.74) is 0.925. The summed E-state index contributed by atoms with van der Waals surface area (Å²) in [5, 5.41) is 3.53. The number of nitrogens with one attached hydrogen (secondary N) is 1. The Hall–Kier alpha value is -2.11. The van der Waals surface area contributed by atoms with Crippen LogP contribution in [-0.2, 0) is 4.79 Å². The first-order chi connectivity index (χ1) is 12.5. The van der Waals surface area contributed by atoms with Crippen LogP contribution in [0.3, 0.4) is 0 Å². The maximum absolute atomic E-state index is 12.8. The Morgan fingerprint density at radius 3 is 2.58 bits per heavy atom. The molecule has 6 nitrogen and oxygen atoms in total. The quantitative estimate of drug-likeness (QED) is 0.880. The average Bonchev–Trinajstić information content (AvgIpc) is 3.32. The Morgan fingerprint density at radius 2 is 2.00 bits per heavy atom. The van der Waals surface area contributed by atoms with Crippen LogP contribution in [-0.4, -0.2) is 58.3 Å². The monoisotopic (exact) mass is 354 g/mol. The molecule has 0 unspecified atom stereocenters. The zero-order valence-electron chi connectivity index (χ0n) is 15.3. The molecule has 2 amide bonds. The van der Waals surface area contributed by atoms with Gasteiger partial charge in [-0.05, 0) is 56.6 Å². The molecule has 0 spiro atoms. The number of amides is 2. The molecular weight excluding hydrogens is 328 g/mol. The lowest BCUT2D eigenvalue weighted by atomic mass is 9.50. The van der Waals surface area contributed by atoms with Gasteiger partial charge in [-0.25, -0.2) is 4.98 Å². The van der Waals surface area contributed by atoms with Crippen LogP contribution < -0.4 is 5.32 Å². The number of carbonyl (C=O) groups excluding carboxylic acids is 2.